The number of carbonyl (C=O) groups excluding carboxylic acids is 4. The Balaban J connectivity index is 0.00000197. The lowest BCUT2D eigenvalue weighted by molar-refractivity contribution is -0.139. The maximum absolute atomic E-state index is 13.6. The molecule has 15 nitrogen and oxygen atoms in total. The van der Waals surface area contributed by atoms with Gasteiger partial charge in [-0.2, -0.15) is 0 Å². The number of benzene rings is 2. The van der Waals surface area contributed by atoms with Crippen molar-refractivity contribution in [3.05, 3.63) is 76.1 Å². The summed E-state index contributed by atoms with van der Waals surface area (Å²) in [4.78, 5) is 83.7. The van der Waals surface area contributed by atoms with Gasteiger partial charge in [-0.3, -0.25) is 28.8 Å². The lowest BCUT2D eigenvalue weighted by atomic mass is 10.0. The second-order valence-electron chi connectivity index (χ2n) is 11.2. The number of carbonyl (C=O) groups is 6. The minimum Gasteiger partial charge on any atom is -0.481 e. The average Bonchev–Trinajstić information content (AvgIpc) is 3.02. The van der Waals surface area contributed by atoms with Crippen molar-refractivity contribution >= 4 is 52.2 Å². The molecular formula is C34H43N5O10. The first-order valence-electron chi connectivity index (χ1n) is 15.6. The van der Waals surface area contributed by atoms with Crippen LogP contribution in [0.3, 0.4) is 0 Å². The number of hydrogen-bond acceptors (Lipinski definition) is 9. The summed E-state index contributed by atoms with van der Waals surface area (Å²) >= 11 is 0. The van der Waals surface area contributed by atoms with E-state index in [0.29, 0.717) is 36.0 Å². The van der Waals surface area contributed by atoms with Gasteiger partial charge in [-0.15, -0.1) is 0 Å². The molecule has 0 bridgehead atoms. The Labute approximate surface area is 282 Å². The van der Waals surface area contributed by atoms with Crippen molar-refractivity contribution in [3.8, 4) is 0 Å². The van der Waals surface area contributed by atoms with E-state index in [4.69, 9.17) is 25.2 Å². The maximum Gasteiger partial charge on any atom is 0.336 e. The van der Waals surface area contributed by atoms with Crippen LogP contribution in [0.2, 0.25) is 0 Å². The molecule has 4 amide bonds. The summed E-state index contributed by atoms with van der Waals surface area (Å²) in [5.41, 5.74) is 7.27. The number of unbranched alkanes of at least 4 members (excludes halogenated alkanes) is 1. The van der Waals surface area contributed by atoms with Gasteiger partial charge in [-0.05, 0) is 62.9 Å². The first-order chi connectivity index (χ1) is 23.2. The fraction of sp³-hybridized carbons (Fsp3) is 0.382. The van der Waals surface area contributed by atoms with Crippen LogP contribution >= 0.6 is 0 Å². The van der Waals surface area contributed by atoms with E-state index in [-0.39, 0.29) is 25.7 Å². The summed E-state index contributed by atoms with van der Waals surface area (Å²) in [6.45, 7) is 4.68. The molecular weight excluding hydrogens is 638 g/mol. The van der Waals surface area contributed by atoms with Crippen LogP contribution in [0.1, 0.15) is 57.1 Å². The van der Waals surface area contributed by atoms with Gasteiger partial charge < -0.3 is 41.6 Å². The van der Waals surface area contributed by atoms with Crippen LogP contribution in [0, 0.1) is 6.92 Å². The lowest BCUT2D eigenvalue weighted by Crippen LogP contribution is -2.56. The van der Waals surface area contributed by atoms with Crippen LogP contribution in [0.4, 0.5) is 5.69 Å². The number of aryl methyl sites for hydroxylation is 1. The molecule has 15 heteroatoms. The molecule has 3 rings (SSSR count). The normalized spacial score (nSPS) is 12.3. The minimum atomic E-state index is -1.14. The van der Waals surface area contributed by atoms with E-state index in [9.17, 15) is 28.8 Å². The number of nitrogens with one attached hydrogen (secondary N) is 4. The first-order valence-corrected chi connectivity index (χ1v) is 15.6. The molecule has 0 fully saturated rings. The second kappa shape index (κ2) is 19.9. The number of carboxylic acids is 2. The summed E-state index contributed by atoms with van der Waals surface area (Å²) in [5, 5.41) is 27.5. The Morgan fingerprint density at radius 3 is 2.12 bits per heavy atom. The van der Waals surface area contributed by atoms with Gasteiger partial charge in [-0.25, -0.2) is 4.79 Å². The highest BCUT2D eigenvalue weighted by Crippen LogP contribution is 2.21. The molecule has 3 aromatic rings. The van der Waals surface area contributed by atoms with Gasteiger partial charge in [-0.1, -0.05) is 30.3 Å². The Bertz CT molecular complexity index is 1670. The van der Waals surface area contributed by atoms with Crippen molar-refractivity contribution in [3.63, 3.8) is 0 Å². The molecule has 0 aliphatic rings. The Morgan fingerprint density at radius 1 is 0.837 bits per heavy atom. The SMILES string of the molecule is CC(=O)O.Cc1cc(=O)oc2cc(NC(=O)[C@H](CCCCN)NC(=O)[C@H](Cc3ccccc3)NC(=O)[C@H](C)NC(=O)CCC(=O)O)ccc12. The number of fused-ring (bicyclic) bond motifs is 1. The van der Waals surface area contributed by atoms with Crippen molar-refractivity contribution in [1.82, 2.24) is 16.0 Å². The summed E-state index contributed by atoms with van der Waals surface area (Å²) < 4.78 is 5.28. The zero-order chi connectivity index (χ0) is 36.5. The number of anilines is 1. The van der Waals surface area contributed by atoms with E-state index in [1.54, 1.807) is 43.3 Å². The summed E-state index contributed by atoms with van der Waals surface area (Å²) in [5.74, 6) is -4.40. The Morgan fingerprint density at radius 2 is 1.49 bits per heavy atom. The van der Waals surface area contributed by atoms with E-state index in [0.717, 1.165) is 18.1 Å². The van der Waals surface area contributed by atoms with E-state index < -0.39 is 59.3 Å². The molecule has 0 radical (unpaired) electrons. The standard InChI is InChI=1S/C32H39N5O8.C2H4O2/c1-19-16-29(41)45-26-18-22(11-12-23(19)26)35-31(43)24(10-6-7-15-33)36-32(44)25(17-21-8-4-3-5-9-21)37-30(42)20(2)34-27(38)13-14-28(39)40;1-2(3)4/h3-5,8-9,11-12,16,18,20,24-25H,6-7,10,13-15,17,33H2,1-2H3,(H,34,38)(H,35,43)(H,36,44)(H,37,42)(H,39,40);1H3,(H,3,4)/t20-,24-,25-;/m0./s1. The average molecular weight is 682 g/mol. The smallest absolute Gasteiger partial charge is 0.336 e. The molecule has 0 aliphatic carbocycles. The predicted molar refractivity (Wildman–Crippen MR) is 181 cm³/mol. The van der Waals surface area contributed by atoms with Gasteiger partial charge >= 0.3 is 11.6 Å². The highest BCUT2D eigenvalue weighted by atomic mass is 16.4. The maximum atomic E-state index is 13.6. The lowest BCUT2D eigenvalue weighted by Gasteiger charge is -2.25. The molecule has 0 saturated heterocycles. The zero-order valence-electron chi connectivity index (χ0n) is 27.6. The summed E-state index contributed by atoms with van der Waals surface area (Å²) in [6, 6.07) is 12.1. The molecule has 3 atom stereocenters. The van der Waals surface area contributed by atoms with Crippen molar-refractivity contribution in [2.24, 2.45) is 5.73 Å². The van der Waals surface area contributed by atoms with Gasteiger partial charge in [0.1, 0.15) is 23.7 Å². The van der Waals surface area contributed by atoms with Crippen LogP contribution < -0.4 is 32.6 Å². The molecule has 0 aliphatic heterocycles. The molecule has 0 saturated carbocycles. The fourth-order valence-corrected chi connectivity index (χ4v) is 4.62. The number of rotatable bonds is 16. The van der Waals surface area contributed by atoms with Crippen LogP contribution in [0.25, 0.3) is 11.0 Å². The van der Waals surface area contributed by atoms with Gasteiger partial charge in [0.2, 0.25) is 23.6 Å². The zero-order valence-corrected chi connectivity index (χ0v) is 27.6. The molecule has 8 N–H and O–H groups in total. The molecule has 0 unspecified atom stereocenters. The van der Waals surface area contributed by atoms with Gasteiger partial charge in [0.15, 0.2) is 0 Å². The first kappa shape index (κ1) is 39.6. The topological polar surface area (TPSA) is 247 Å². The summed E-state index contributed by atoms with van der Waals surface area (Å²) in [6.07, 6.45) is 0.819. The van der Waals surface area contributed by atoms with Crippen molar-refractivity contribution in [1.29, 1.82) is 0 Å². The molecule has 2 aromatic carbocycles. The van der Waals surface area contributed by atoms with E-state index >= 15 is 0 Å². The van der Waals surface area contributed by atoms with E-state index in [2.05, 4.69) is 21.3 Å². The monoisotopic (exact) mass is 681 g/mol. The van der Waals surface area contributed by atoms with Crippen LogP contribution in [0.15, 0.2) is 63.8 Å². The predicted octanol–water partition coefficient (Wildman–Crippen LogP) is 1.84. The van der Waals surface area contributed by atoms with Crippen LogP contribution in [0.5, 0.6) is 0 Å². The molecule has 1 aromatic heterocycles. The molecule has 0 spiro atoms. The number of amides is 4. The number of aliphatic carboxylic acids is 2. The molecule has 49 heavy (non-hydrogen) atoms. The van der Waals surface area contributed by atoms with Crippen molar-refractivity contribution in [2.75, 3.05) is 11.9 Å². The molecule has 1 heterocycles. The highest BCUT2D eigenvalue weighted by Gasteiger charge is 2.29. The Kier molecular flexibility index (Phi) is 16.1. The van der Waals surface area contributed by atoms with Gasteiger partial charge in [0.05, 0.1) is 6.42 Å². The van der Waals surface area contributed by atoms with Gasteiger partial charge in [0.25, 0.3) is 5.97 Å². The highest BCUT2D eigenvalue weighted by molar-refractivity contribution is 6.00. The number of hydrogen-bond donors (Lipinski definition) is 7. The minimum absolute atomic E-state index is 0.0955. The third kappa shape index (κ3) is 14.4. The largest absolute Gasteiger partial charge is 0.481 e. The third-order valence-electron chi connectivity index (χ3n) is 7.05. The Hall–Kier alpha value is -5.57. The van der Waals surface area contributed by atoms with Crippen molar-refractivity contribution in [2.45, 2.75) is 77.4 Å². The van der Waals surface area contributed by atoms with Crippen LogP contribution in [-0.4, -0.2) is 70.5 Å². The quantitative estimate of drug-likeness (QED) is 0.0849. The van der Waals surface area contributed by atoms with E-state index in [1.807, 2.05) is 6.07 Å². The summed E-state index contributed by atoms with van der Waals surface area (Å²) in [7, 11) is 0. The fourth-order valence-electron chi connectivity index (χ4n) is 4.62. The number of carboxylic acid groups (broad SMARTS) is 2. The second-order valence-corrected chi connectivity index (χ2v) is 11.2. The van der Waals surface area contributed by atoms with Crippen molar-refractivity contribution < 1.29 is 43.4 Å². The number of nitrogens with two attached hydrogens (primary N) is 1. The van der Waals surface area contributed by atoms with Gasteiger partial charge in [0, 0.05) is 43.0 Å². The molecule has 264 valence electrons. The third-order valence-corrected chi connectivity index (χ3v) is 7.05. The van der Waals surface area contributed by atoms with E-state index in [1.165, 1.54) is 19.1 Å². The van der Waals surface area contributed by atoms with Crippen LogP contribution in [-0.2, 0) is 35.2 Å².